The summed E-state index contributed by atoms with van der Waals surface area (Å²) in [5.74, 6) is 8.47. The van der Waals surface area contributed by atoms with E-state index in [0.717, 1.165) is 22.3 Å². The molecule has 0 atom stereocenters. The number of rotatable bonds is 0. The van der Waals surface area contributed by atoms with E-state index < -0.39 is 33.1 Å². The van der Waals surface area contributed by atoms with Gasteiger partial charge in [-0.3, -0.25) is 19.6 Å². The van der Waals surface area contributed by atoms with E-state index in [1.807, 2.05) is 48.5 Å². The highest BCUT2D eigenvalue weighted by atomic mass is 35.5. The molecule has 0 saturated heterocycles. The van der Waals surface area contributed by atoms with E-state index in [1.165, 1.54) is 0 Å². The van der Waals surface area contributed by atoms with Gasteiger partial charge >= 0.3 is 0 Å². The molecule has 8 heteroatoms. The van der Waals surface area contributed by atoms with Gasteiger partial charge in [-0.25, -0.2) is 0 Å². The summed E-state index contributed by atoms with van der Waals surface area (Å²) in [6, 6.07) is 15.5. The molecule has 6 nitrogen and oxygen atoms in total. The number of aliphatic hydroxyl groups excluding tert-OH is 2. The van der Waals surface area contributed by atoms with Gasteiger partial charge in [0.25, 0.3) is 0 Å². The van der Waals surface area contributed by atoms with Gasteiger partial charge in [0.15, 0.2) is 11.5 Å². The van der Waals surface area contributed by atoms with E-state index >= 15 is 0 Å². The van der Waals surface area contributed by atoms with Crippen LogP contribution in [0.4, 0.5) is 0 Å². The molecule has 0 amide bonds. The number of benzene rings is 1. The van der Waals surface area contributed by atoms with Crippen LogP contribution in [0.15, 0.2) is 94.9 Å². The van der Waals surface area contributed by atoms with Crippen molar-refractivity contribution in [1.29, 1.82) is 0 Å². The van der Waals surface area contributed by atoms with Gasteiger partial charge < -0.3 is 10.2 Å². The van der Waals surface area contributed by atoms with E-state index in [2.05, 4.69) is 33.6 Å². The van der Waals surface area contributed by atoms with E-state index in [4.69, 9.17) is 33.4 Å². The largest absolute Gasteiger partial charge is 0.503 e. The zero-order valence-corrected chi connectivity index (χ0v) is 18.8. The van der Waals surface area contributed by atoms with Crippen LogP contribution in [0.2, 0.25) is 0 Å². The molecule has 2 aromatic heterocycles. The number of hydrogen-bond acceptors (Lipinski definition) is 6. The number of carbonyl (C=O) groups excluding carboxylic acids is 2. The Morgan fingerprint density at radius 2 is 0.794 bits per heavy atom. The number of ketones is 2. The number of carbonyl (C=O) groups is 2. The van der Waals surface area contributed by atoms with Gasteiger partial charge in [0.05, 0.1) is 0 Å². The van der Waals surface area contributed by atoms with Crippen LogP contribution < -0.4 is 0 Å². The van der Waals surface area contributed by atoms with Crippen LogP contribution in [0, 0.1) is 23.7 Å². The number of halogens is 2. The monoisotopic (exact) mass is 488 g/mol. The van der Waals surface area contributed by atoms with Crippen LogP contribution in [-0.4, -0.2) is 31.7 Å². The summed E-state index contributed by atoms with van der Waals surface area (Å²) in [5.41, 5.74) is 3.84. The molecule has 0 spiro atoms. The Bertz CT molecular complexity index is 1270. The molecule has 34 heavy (non-hydrogen) atoms. The standard InChI is InChI=1S/C20H12N2.C6H2Cl2O4/c1-2-18(6-8-20-11-15-22-16-12-20)4-3-17(1)5-7-19-9-13-21-14-10-19;7-1-3(9)5(11)2(8)6(12)4(1)10/h1-4,9-16H;9,12H. The molecule has 2 N–H and O–H groups in total. The zero-order chi connectivity index (χ0) is 24.5. The number of allylic oxidation sites excluding steroid dienone is 2. The molecule has 2 heterocycles. The molecule has 3 aromatic rings. The van der Waals surface area contributed by atoms with Crippen molar-refractivity contribution in [3.8, 4) is 23.7 Å². The predicted molar refractivity (Wildman–Crippen MR) is 128 cm³/mol. The molecule has 0 saturated carbocycles. The molecular weight excluding hydrogens is 475 g/mol. The minimum atomic E-state index is -1.06. The van der Waals surface area contributed by atoms with Gasteiger partial charge in [-0.2, -0.15) is 0 Å². The lowest BCUT2D eigenvalue weighted by Gasteiger charge is -2.08. The number of aromatic nitrogens is 2. The van der Waals surface area contributed by atoms with Crippen molar-refractivity contribution in [2.45, 2.75) is 0 Å². The summed E-state index contributed by atoms with van der Waals surface area (Å²) in [5, 5.41) is 16.3. The first-order valence-corrected chi connectivity index (χ1v) is 10.3. The fraction of sp³-hybridized carbons (Fsp3) is 0. The topological polar surface area (TPSA) is 100 Å². The summed E-state index contributed by atoms with van der Waals surface area (Å²) < 4.78 is 0. The van der Waals surface area contributed by atoms with Crippen molar-refractivity contribution in [2.24, 2.45) is 0 Å². The molecule has 0 fully saturated rings. The highest BCUT2D eigenvalue weighted by molar-refractivity contribution is 6.55. The number of aliphatic hydroxyl groups is 2. The second-order valence-electron chi connectivity index (χ2n) is 6.53. The van der Waals surface area contributed by atoms with Crippen LogP contribution in [0.1, 0.15) is 22.3 Å². The molecule has 0 radical (unpaired) electrons. The third kappa shape index (κ3) is 6.34. The Kier molecular flexibility index (Phi) is 8.21. The maximum Gasteiger partial charge on any atom is 0.244 e. The second kappa shape index (κ2) is 11.5. The maximum absolute atomic E-state index is 10.8. The van der Waals surface area contributed by atoms with E-state index in [9.17, 15) is 9.59 Å². The van der Waals surface area contributed by atoms with Gasteiger partial charge in [-0.1, -0.05) is 46.9 Å². The van der Waals surface area contributed by atoms with Crippen molar-refractivity contribution in [1.82, 2.24) is 9.97 Å². The molecule has 0 aliphatic heterocycles. The van der Waals surface area contributed by atoms with E-state index in [-0.39, 0.29) is 0 Å². The molecule has 4 rings (SSSR count). The summed E-state index contributed by atoms with van der Waals surface area (Å²) in [7, 11) is 0. The highest BCUT2D eigenvalue weighted by Crippen LogP contribution is 2.26. The van der Waals surface area contributed by atoms with E-state index in [1.54, 1.807) is 24.8 Å². The SMILES string of the molecule is C(#Cc1ccc(C#Cc2ccncc2)cc1)c1ccncc1.O=C1C(O)=C(Cl)C(=O)C(O)=C1Cl. The van der Waals surface area contributed by atoms with Crippen LogP contribution in [0.5, 0.6) is 0 Å². The Morgan fingerprint density at radius 3 is 1.09 bits per heavy atom. The van der Waals surface area contributed by atoms with Crippen LogP contribution >= 0.6 is 23.2 Å². The fourth-order valence-corrected chi connectivity index (χ4v) is 2.77. The van der Waals surface area contributed by atoms with Gasteiger partial charge in [0.2, 0.25) is 11.6 Å². The molecule has 1 aromatic carbocycles. The van der Waals surface area contributed by atoms with Crippen LogP contribution in [0.3, 0.4) is 0 Å². The smallest absolute Gasteiger partial charge is 0.244 e. The Morgan fingerprint density at radius 1 is 0.529 bits per heavy atom. The zero-order valence-electron chi connectivity index (χ0n) is 17.3. The third-order valence-electron chi connectivity index (χ3n) is 4.19. The van der Waals surface area contributed by atoms with Crippen molar-refractivity contribution in [3.05, 3.63) is 117 Å². The minimum Gasteiger partial charge on any atom is -0.503 e. The Labute approximate surface area is 205 Å². The lowest BCUT2D eigenvalue weighted by atomic mass is 10.1. The van der Waals surface area contributed by atoms with Gasteiger partial charge in [0, 0.05) is 47.0 Å². The maximum atomic E-state index is 10.8. The quantitative estimate of drug-likeness (QED) is 0.358. The number of pyridine rings is 2. The first-order chi connectivity index (χ1) is 16.4. The first kappa shape index (κ1) is 24.3. The minimum absolute atomic E-state index is 0.720. The molecule has 1 aliphatic rings. The van der Waals surface area contributed by atoms with E-state index in [0.29, 0.717) is 0 Å². The van der Waals surface area contributed by atoms with Crippen LogP contribution in [-0.2, 0) is 9.59 Å². The van der Waals surface area contributed by atoms with Gasteiger partial charge in [-0.05, 0) is 48.5 Å². The first-order valence-electron chi connectivity index (χ1n) is 9.58. The van der Waals surface area contributed by atoms with Crippen molar-refractivity contribution in [3.63, 3.8) is 0 Å². The fourth-order valence-electron chi connectivity index (χ4n) is 2.42. The summed E-state index contributed by atoms with van der Waals surface area (Å²) in [6.45, 7) is 0. The lowest BCUT2D eigenvalue weighted by molar-refractivity contribution is -0.119. The van der Waals surface area contributed by atoms with Crippen molar-refractivity contribution < 1.29 is 19.8 Å². The Hall–Kier alpha value is -4.36. The molecule has 166 valence electrons. The number of Topliss-reactive ketones (excluding diaryl/α,β-unsaturated/α-hetero) is 2. The van der Waals surface area contributed by atoms with Crippen molar-refractivity contribution >= 4 is 34.8 Å². The molecular formula is C26H14Cl2N2O4. The molecule has 1 aliphatic carbocycles. The highest BCUT2D eigenvalue weighted by Gasteiger charge is 2.33. The number of hydrogen-bond donors (Lipinski definition) is 2. The predicted octanol–water partition coefficient (Wildman–Crippen LogP) is 4.43. The van der Waals surface area contributed by atoms with Gasteiger partial charge in [-0.15, -0.1) is 0 Å². The average Bonchev–Trinajstić information content (AvgIpc) is 2.89. The molecule has 0 unspecified atom stereocenters. The normalized spacial score (nSPS) is 12.6. The van der Waals surface area contributed by atoms with Gasteiger partial charge in [0.1, 0.15) is 10.1 Å². The second-order valence-corrected chi connectivity index (χ2v) is 7.29. The van der Waals surface area contributed by atoms with Crippen LogP contribution in [0.25, 0.3) is 0 Å². The lowest BCUT2D eigenvalue weighted by Crippen LogP contribution is -2.19. The molecule has 0 bridgehead atoms. The average molecular weight is 489 g/mol. The Balaban J connectivity index is 0.000000229. The number of nitrogens with zero attached hydrogens (tertiary/aromatic N) is 2. The summed E-state index contributed by atoms with van der Waals surface area (Å²) in [6.07, 6.45) is 6.95. The van der Waals surface area contributed by atoms with Crippen molar-refractivity contribution in [2.75, 3.05) is 0 Å². The third-order valence-corrected chi connectivity index (χ3v) is 4.89. The summed E-state index contributed by atoms with van der Waals surface area (Å²) >= 11 is 10.4. The summed E-state index contributed by atoms with van der Waals surface area (Å²) in [4.78, 5) is 29.5.